The average molecular weight is 606 g/mol. The number of sulfone groups is 1. The molecule has 2 saturated heterocycles. The Morgan fingerprint density at radius 3 is 2.63 bits per heavy atom. The standard InChI is InChI=1S/C27H35N5O7S2/c1-3-38-27(34)32-12-11-31(15-18(32)2)16-21-14-28-26(40-21)29-25(33)24(30-39-20-10-13-37-17-20)19-4-6-22(7-5-19)41(35,36)23-8-9-23/h4-7,14,18,20,23H,3,8-13,15-17H2,1-2H3,(H,28,29,33)/t18-,20+/m0/s1. The number of hydrogen-bond acceptors (Lipinski definition) is 11. The first-order chi connectivity index (χ1) is 19.7. The van der Waals surface area contributed by atoms with E-state index in [0.717, 1.165) is 4.88 Å². The third-order valence-corrected chi connectivity index (χ3v) is 10.4. The van der Waals surface area contributed by atoms with E-state index in [-0.39, 0.29) is 34.1 Å². The van der Waals surface area contributed by atoms with Gasteiger partial charge in [0.15, 0.2) is 26.8 Å². The Kier molecular flexibility index (Phi) is 9.22. The Morgan fingerprint density at radius 2 is 1.98 bits per heavy atom. The molecule has 0 spiro atoms. The molecule has 41 heavy (non-hydrogen) atoms. The molecule has 5 rings (SSSR count). The fraction of sp³-hybridized carbons (Fsp3) is 0.556. The van der Waals surface area contributed by atoms with Gasteiger partial charge in [0, 0.05) is 55.3 Å². The minimum atomic E-state index is -3.35. The van der Waals surface area contributed by atoms with Crippen LogP contribution in [-0.2, 0) is 35.5 Å². The van der Waals surface area contributed by atoms with Crippen LogP contribution in [0.4, 0.5) is 9.93 Å². The topological polar surface area (TPSA) is 140 Å². The molecule has 0 radical (unpaired) electrons. The van der Waals surface area contributed by atoms with Gasteiger partial charge in [-0.3, -0.25) is 15.0 Å². The van der Waals surface area contributed by atoms with Gasteiger partial charge in [-0.2, -0.15) is 0 Å². The summed E-state index contributed by atoms with van der Waals surface area (Å²) in [5, 5.41) is 7.06. The number of nitrogens with zero attached hydrogens (tertiary/aromatic N) is 4. The van der Waals surface area contributed by atoms with Crippen molar-refractivity contribution in [1.29, 1.82) is 0 Å². The highest BCUT2D eigenvalue weighted by molar-refractivity contribution is 7.92. The molecule has 222 valence electrons. The molecule has 2 atom stereocenters. The molecule has 1 aromatic heterocycles. The van der Waals surface area contributed by atoms with Crippen LogP contribution in [0.25, 0.3) is 0 Å². The monoisotopic (exact) mass is 605 g/mol. The van der Waals surface area contributed by atoms with Crippen LogP contribution < -0.4 is 5.32 Å². The zero-order valence-electron chi connectivity index (χ0n) is 23.2. The molecule has 12 nitrogen and oxygen atoms in total. The van der Waals surface area contributed by atoms with E-state index in [1.165, 1.54) is 23.5 Å². The number of rotatable bonds is 10. The minimum Gasteiger partial charge on any atom is -0.450 e. The summed E-state index contributed by atoms with van der Waals surface area (Å²) in [6, 6.07) is 6.19. The van der Waals surface area contributed by atoms with Gasteiger partial charge in [0.1, 0.15) is 0 Å². The Labute approximate surface area is 243 Å². The van der Waals surface area contributed by atoms with Crippen molar-refractivity contribution < 1.29 is 32.3 Å². The molecule has 1 aliphatic carbocycles. The van der Waals surface area contributed by atoms with E-state index in [4.69, 9.17) is 14.3 Å². The van der Waals surface area contributed by atoms with Gasteiger partial charge in [-0.25, -0.2) is 18.2 Å². The normalized spacial score (nSPS) is 22.0. The summed E-state index contributed by atoms with van der Waals surface area (Å²) in [6.07, 6.45) is 3.20. The second-order valence-corrected chi connectivity index (χ2v) is 13.7. The van der Waals surface area contributed by atoms with Gasteiger partial charge in [-0.1, -0.05) is 17.3 Å². The third-order valence-electron chi connectivity index (χ3n) is 7.18. The maximum absolute atomic E-state index is 13.3. The zero-order chi connectivity index (χ0) is 29.0. The quantitative estimate of drug-likeness (QED) is 0.320. The molecule has 2 amide bonds. The maximum atomic E-state index is 13.3. The summed E-state index contributed by atoms with van der Waals surface area (Å²) in [4.78, 5) is 40.6. The lowest BCUT2D eigenvalue weighted by atomic mass is 10.1. The van der Waals surface area contributed by atoms with Crippen molar-refractivity contribution in [3.05, 3.63) is 40.9 Å². The van der Waals surface area contributed by atoms with Crippen molar-refractivity contribution >= 4 is 44.0 Å². The number of hydrogen-bond donors (Lipinski definition) is 1. The van der Waals surface area contributed by atoms with Crippen molar-refractivity contribution in [2.24, 2.45) is 5.16 Å². The molecule has 0 bridgehead atoms. The van der Waals surface area contributed by atoms with Gasteiger partial charge >= 0.3 is 6.09 Å². The highest BCUT2D eigenvalue weighted by atomic mass is 32.2. The molecule has 0 unspecified atom stereocenters. The number of nitrogens with one attached hydrogen (secondary N) is 1. The first kappa shape index (κ1) is 29.4. The van der Waals surface area contributed by atoms with Crippen LogP contribution >= 0.6 is 11.3 Å². The van der Waals surface area contributed by atoms with Gasteiger partial charge in [0.2, 0.25) is 0 Å². The van der Waals surface area contributed by atoms with Crippen LogP contribution in [0.3, 0.4) is 0 Å². The molecule has 1 saturated carbocycles. The number of ether oxygens (including phenoxy) is 2. The highest BCUT2D eigenvalue weighted by Crippen LogP contribution is 2.33. The molecular weight excluding hydrogens is 570 g/mol. The largest absolute Gasteiger partial charge is 0.450 e. The molecule has 1 N–H and O–H groups in total. The lowest BCUT2D eigenvalue weighted by Crippen LogP contribution is -2.53. The van der Waals surface area contributed by atoms with Crippen LogP contribution in [-0.4, -0.2) is 97.8 Å². The number of anilines is 1. The molecule has 2 aliphatic heterocycles. The number of carbonyl (C=O) groups excluding carboxylic acids is 2. The lowest BCUT2D eigenvalue weighted by Gasteiger charge is -2.38. The molecule has 3 heterocycles. The number of amides is 2. The Hall–Kier alpha value is -3.07. The Morgan fingerprint density at radius 1 is 1.20 bits per heavy atom. The number of aromatic nitrogens is 1. The summed E-state index contributed by atoms with van der Waals surface area (Å²) < 4.78 is 35.7. The summed E-state index contributed by atoms with van der Waals surface area (Å²) in [5.41, 5.74) is 0.453. The van der Waals surface area contributed by atoms with E-state index in [9.17, 15) is 18.0 Å². The van der Waals surface area contributed by atoms with E-state index < -0.39 is 15.7 Å². The van der Waals surface area contributed by atoms with E-state index in [2.05, 4.69) is 20.4 Å². The summed E-state index contributed by atoms with van der Waals surface area (Å²) in [6.45, 7) is 7.71. The van der Waals surface area contributed by atoms with Gasteiger partial charge in [-0.15, -0.1) is 11.3 Å². The van der Waals surface area contributed by atoms with Crippen LogP contribution in [0.2, 0.25) is 0 Å². The van der Waals surface area contributed by atoms with Gasteiger partial charge < -0.3 is 19.2 Å². The number of carbonyl (C=O) groups is 2. The van der Waals surface area contributed by atoms with Gasteiger partial charge in [0.05, 0.1) is 30.0 Å². The van der Waals surface area contributed by atoms with E-state index in [1.54, 1.807) is 30.2 Å². The van der Waals surface area contributed by atoms with Crippen molar-refractivity contribution in [2.45, 2.75) is 61.9 Å². The van der Waals surface area contributed by atoms with Crippen molar-refractivity contribution in [3.8, 4) is 0 Å². The molecule has 1 aromatic carbocycles. The van der Waals surface area contributed by atoms with Crippen LogP contribution in [0.5, 0.6) is 0 Å². The van der Waals surface area contributed by atoms with E-state index in [1.807, 2.05) is 6.92 Å². The molecule has 3 fully saturated rings. The third kappa shape index (κ3) is 7.23. The highest BCUT2D eigenvalue weighted by Gasteiger charge is 2.37. The molecule has 3 aliphatic rings. The van der Waals surface area contributed by atoms with Crippen LogP contribution in [0, 0.1) is 0 Å². The van der Waals surface area contributed by atoms with Crippen LogP contribution in [0.15, 0.2) is 40.5 Å². The van der Waals surface area contributed by atoms with E-state index in [0.29, 0.717) is 76.0 Å². The zero-order valence-corrected chi connectivity index (χ0v) is 24.8. The second kappa shape index (κ2) is 12.8. The van der Waals surface area contributed by atoms with Crippen molar-refractivity contribution in [1.82, 2.24) is 14.8 Å². The lowest BCUT2D eigenvalue weighted by molar-refractivity contribution is -0.110. The molecular formula is C27H35N5O7S2. The predicted octanol–water partition coefficient (Wildman–Crippen LogP) is 2.89. The summed E-state index contributed by atoms with van der Waals surface area (Å²) >= 11 is 1.36. The maximum Gasteiger partial charge on any atom is 0.410 e. The first-order valence-electron chi connectivity index (χ1n) is 13.8. The first-order valence-corrected chi connectivity index (χ1v) is 16.2. The smallest absolute Gasteiger partial charge is 0.410 e. The fourth-order valence-corrected chi connectivity index (χ4v) is 7.30. The van der Waals surface area contributed by atoms with E-state index >= 15 is 0 Å². The SMILES string of the molecule is CCOC(=O)N1CCN(Cc2cnc(NC(=O)C(=NO[C@@H]3CCOC3)c3ccc(S(=O)(=O)C4CC4)cc3)s2)C[C@@H]1C. The van der Waals surface area contributed by atoms with Gasteiger partial charge in [0.25, 0.3) is 5.91 Å². The summed E-state index contributed by atoms with van der Waals surface area (Å²) in [7, 11) is -3.35. The Balaban J connectivity index is 1.24. The summed E-state index contributed by atoms with van der Waals surface area (Å²) in [5.74, 6) is -0.515. The number of piperazine rings is 1. The number of thiazole rings is 1. The van der Waals surface area contributed by atoms with Crippen molar-refractivity contribution in [3.63, 3.8) is 0 Å². The fourth-order valence-electron chi connectivity index (χ4n) is 4.79. The second-order valence-electron chi connectivity index (χ2n) is 10.4. The van der Waals surface area contributed by atoms with Crippen molar-refractivity contribution in [2.75, 3.05) is 44.8 Å². The molecule has 2 aromatic rings. The number of oxime groups is 1. The predicted molar refractivity (Wildman–Crippen MR) is 153 cm³/mol. The van der Waals surface area contributed by atoms with Crippen LogP contribution in [0.1, 0.15) is 43.6 Å². The minimum absolute atomic E-state index is 0.0181. The Bertz CT molecular complexity index is 1370. The van der Waals surface area contributed by atoms with Gasteiger partial charge in [-0.05, 0) is 38.8 Å². The molecule has 14 heteroatoms. The average Bonchev–Trinajstić information content (AvgIpc) is 3.53. The number of benzene rings is 1.